The molecule has 0 aliphatic carbocycles. The third-order valence-electron chi connectivity index (χ3n) is 3.87. The van der Waals surface area contributed by atoms with Crippen LogP contribution in [0.25, 0.3) is 0 Å². The minimum Gasteiger partial charge on any atom is -0.295 e. The first-order valence-electron chi connectivity index (χ1n) is 6.72. The highest BCUT2D eigenvalue weighted by atomic mass is 15.2. The second kappa shape index (κ2) is 4.89. The van der Waals surface area contributed by atoms with Gasteiger partial charge in [0.15, 0.2) is 0 Å². The normalized spacial score (nSPS) is 22.9. The van der Waals surface area contributed by atoms with Crippen LogP contribution in [-0.4, -0.2) is 48.6 Å². The Morgan fingerprint density at radius 3 is 1.94 bits per heavy atom. The van der Waals surface area contributed by atoms with E-state index in [1.807, 2.05) is 0 Å². The molecule has 0 atom stereocenters. The molecule has 0 N–H and O–H groups in total. The summed E-state index contributed by atoms with van der Waals surface area (Å²) >= 11 is 0. The van der Waals surface area contributed by atoms with Gasteiger partial charge in [-0.15, -0.1) is 0 Å². The Bertz CT molecular complexity index is 260. The maximum Gasteiger partial charge on any atom is 0.0215 e. The van der Waals surface area contributed by atoms with Crippen molar-refractivity contribution in [1.82, 2.24) is 9.80 Å². The first-order valence-corrected chi connectivity index (χ1v) is 6.72. The molecule has 0 saturated heterocycles. The van der Waals surface area contributed by atoms with Gasteiger partial charge in [-0.05, 0) is 43.9 Å². The van der Waals surface area contributed by atoms with Crippen LogP contribution in [0.5, 0.6) is 0 Å². The molecule has 16 heavy (non-hydrogen) atoms. The van der Waals surface area contributed by atoms with E-state index in [-0.39, 0.29) is 0 Å². The number of hydrogen-bond acceptors (Lipinski definition) is 2. The van der Waals surface area contributed by atoms with Crippen LogP contribution in [-0.2, 0) is 0 Å². The third kappa shape index (κ3) is 2.67. The van der Waals surface area contributed by atoms with Crippen molar-refractivity contribution in [2.75, 3.05) is 32.7 Å². The molecule has 0 bridgehead atoms. The second-order valence-electron chi connectivity index (χ2n) is 6.10. The second-order valence-corrected chi connectivity index (χ2v) is 6.10. The van der Waals surface area contributed by atoms with E-state index in [0.717, 1.165) is 5.92 Å². The Morgan fingerprint density at radius 1 is 0.938 bits per heavy atom. The summed E-state index contributed by atoms with van der Waals surface area (Å²) in [6.45, 7) is 15.5. The van der Waals surface area contributed by atoms with Crippen LogP contribution in [0.4, 0.5) is 0 Å². The molecule has 92 valence electrons. The number of nitrogens with zero attached hydrogens (tertiary/aromatic N) is 2. The van der Waals surface area contributed by atoms with Crippen molar-refractivity contribution in [1.29, 1.82) is 0 Å². The molecule has 0 aromatic heterocycles. The van der Waals surface area contributed by atoms with E-state index in [4.69, 9.17) is 0 Å². The lowest BCUT2D eigenvalue weighted by Gasteiger charge is -2.25. The SMILES string of the molecule is CC(C)CCN1CC2=C(C1)CN(C(C)C)C2. The molecule has 0 aromatic carbocycles. The van der Waals surface area contributed by atoms with E-state index in [2.05, 4.69) is 37.5 Å². The first kappa shape index (κ1) is 12.1. The van der Waals surface area contributed by atoms with Gasteiger partial charge in [-0.3, -0.25) is 9.80 Å². The predicted octanol–water partition coefficient (Wildman–Crippen LogP) is 2.37. The molecule has 2 aliphatic heterocycles. The molecule has 2 rings (SSSR count). The van der Waals surface area contributed by atoms with Crippen molar-refractivity contribution >= 4 is 0 Å². The van der Waals surface area contributed by atoms with E-state index in [1.165, 1.54) is 39.1 Å². The van der Waals surface area contributed by atoms with Crippen molar-refractivity contribution in [2.24, 2.45) is 5.92 Å². The van der Waals surface area contributed by atoms with E-state index in [0.29, 0.717) is 6.04 Å². The fourth-order valence-electron chi connectivity index (χ4n) is 2.65. The zero-order chi connectivity index (χ0) is 11.7. The lowest BCUT2D eigenvalue weighted by molar-refractivity contribution is 0.248. The quantitative estimate of drug-likeness (QED) is 0.674. The maximum absolute atomic E-state index is 2.63. The Morgan fingerprint density at radius 2 is 1.50 bits per heavy atom. The lowest BCUT2D eigenvalue weighted by Crippen LogP contribution is -2.34. The third-order valence-corrected chi connectivity index (χ3v) is 3.87. The van der Waals surface area contributed by atoms with Gasteiger partial charge in [-0.2, -0.15) is 0 Å². The van der Waals surface area contributed by atoms with Crippen LogP contribution in [0.3, 0.4) is 0 Å². The van der Waals surface area contributed by atoms with E-state index >= 15 is 0 Å². The summed E-state index contributed by atoms with van der Waals surface area (Å²) in [5.74, 6) is 0.836. The zero-order valence-electron chi connectivity index (χ0n) is 11.3. The standard InChI is InChI=1S/C14H26N2/c1-11(2)5-6-15-7-13-9-16(12(3)4)10-14(13)8-15/h11-12H,5-10H2,1-4H3. The molecule has 0 fully saturated rings. The largest absolute Gasteiger partial charge is 0.295 e. The van der Waals surface area contributed by atoms with Gasteiger partial charge in [0.1, 0.15) is 0 Å². The number of hydrogen-bond donors (Lipinski definition) is 0. The molecule has 0 saturated carbocycles. The Labute approximate surface area is 100 Å². The monoisotopic (exact) mass is 222 g/mol. The molecule has 0 amide bonds. The van der Waals surface area contributed by atoms with Crippen molar-refractivity contribution in [2.45, 2.75) is 40.2 Å². The predicted molar refractivity (Wildman–Crippen MR) is 69.6 cm³/mol. The topological polar surface area (TPSA) is 6.48 Å². The summed E-state index contributed by atoms with van der Waals surface area (Å²) in [5, 5.41) is 0. The van der Waals surface area contributed by atoms with Gasteiger partial charge in [0.25, 0.3) is 0 Å². The maximum atomic E-state index is 2.63. The molecule has 2 nitrogen and oxygen atoms in total. The summed E-state index contributed by atoms with van der Waals surface area (Å²) in [5.41, 5.74) is 3.44. The van der Waals surface area contributed by atoms with Gasteiger partial charge in [0.2, 0.25) is 0 Å². The van der Waals surface area contributed by atoms with Gasteiger partial charge >= 0.3 is 0 Å². The highest BCUT2D eigenvalue weighted by Gasteiger charge is 2.30. The van der Waals surface area contributed by atoms with Crippen molar-refractivity contribution < 1.29 is 0 Å². The van der Waals surface area contributed by atoms with Crippen LogP contribution >= 0.6 is 0 Å². The Hall–Kier alpha value is -0.340. The summed E-state index contributed by atoms with van der Waals surface area (Å²) in [4.78, 5) is 5.22. The van der Waals surface area contributed by atoms with Crippen molar-refractivity contribution in [3.63, 3.8) is 0 Å². The summed E-state index contributed by atoms with van der Waals surface area (Å²) in [6.07, 6.45) is 1.34. The van der Waals surface area contributed by atoms with Gasteiger partial charge in [0.05, 0.1) is 0 Å². The molecule has 0 unspecified atom stereocenters. The van der Waals surface area contributed by atoms with Crippen LogP contribution in [0.1, 0.15) is 34.1 Å². The first-order chi connectivity index (χ1) is 7.56. The van der Waals surface area contributed by atoms with Crippen molar-refractivity contribution in [3.8, 4) is 0 Å². The summed E-state index contributed by atoms with van der Waals surface area (Å²) in [7, 11) is 0. The average Bonchev–Trinajstić information content (AvgIpc) is 2.70. The van der Waals surface area contributed by atoms with Gasteiger partial charge in [-0.25, -0.2) is 0 Å². The molecular weight excluding hydrogens is 196 g/mol. The highest BCUT2D eigenvalue weighted by molar-refractivity contribution is 5.30. The highest BCUT2D eigenvalue weighted by Crippen LogP contribution is 2.26. The van der Waals surface area contributed by atoms with Gasteiger partial charge in [-0.1, -0.05) is 13.8 Å². The van der Waals surface area contributed by atoms with Crippen molar-refractivity contribution in [3.05, 3.63) is 11.1 Å². The zero-order valence-corrected chi connectivity index (χ0v) is 11.3. The summed E-state index contributed by atoms with van der Waals surface area (Å²) in [6, 6.07) is 0.703. The minimum absolute atomic E-state index is 0.703. The van der Waals surface area contributed by atoms with E-state index in [9.17, 15) is 0 Å². The minimum atomic E-state index is 0.703. The molecule has 2 heteroatoms. The number of rotatable bonds is 4. The van der Waals surface area contributed by atoms with Crippen LogP contribution in [0.15, 0.2) is 11.1 Å². The van der Waals surface area contributed by atoms with Crippen LogP contribution < -0.4 is 0 Å². The fraction of sp³-hybridized carbons (Fsp3) is 0.857. The Balaban J connectivity index is 1.78. The molecule has 2 aliphatic rings. The van der Waals surface area contributed by atoms with E-state index < -0.39 is 0 Å². The van der Waals surface area contributed by atoms with Gasteiger partial charge < -0.3 is 0 Å². The lowest BCUT2D eigenvalue weighted by atomic mass is 10.1. The molecule has 0 radical (unpaired) electrons. The van der Waals surface area contributed by atoms with E-state index in [1.54, 1.807) is 11.1 Å². The fourth-order valence-corrected chi connectivity index (χ4v) is 2.65. The average molecular weight is 222 g/mol. The Kier molecular flexibility index (Phi) is 3.70. The molecule has 0 spiro atoms. The molecular formula is C14H26N2. The summed E-state index contributed by atoms with van der Waals surface area (Å²) < 4.78 is 0. The van der Waals surface area contributed by atoms with Gasteiger partial charge in [0, 0.05) is 32.2 Å². The molecule has 2 heterocycles. The van der Waals surface area contributed by atoms with Crippen LogP contribution in [0.2, 0.25) is 0 Å². The van der Waals surface area contributed by atoms with Crippen LogP contribution in [0, 0.1) is 5.92 Å². The molecule has 0 aromatic rings. The smallest absolute Gasteiger partial charge is 0.0215 e.